The summed E-state index contributed by atoms with van der Waals surface area (Å²) < 4.78 is 38.0. The predicted octanol–water partition coefficient (Wildman–Crippen LogP) is 2.21. The summed E-state index contributed by atoms with van der Waals surface area (Å²) in [5.41, 5.74) is 1.30. The first-order valence-electron chi connectivity index (χ1n) is 6.27. The minimum atomic E-state index is -4.45. The van der Waals surface area contributed by atoms with Gasteiger partial charge in [0, 0.05) is 13.2 Å². The Balaban J connectivity index is 2.65. The molecule has 0 amide bonds. The summed E-state index contributed by atoms with van der Waals surface area (Å²) >= 11 is 0. The van der Waals surface area contributed by atoms with Gasteiger partial charge in [-0.2, -0.15) is 13.2 Å². The second-order valence-corrected chi connectivity index (χ2v) is 4.63. The third-order valence-electron chi connectivity index (χ3n) is 2.79. The molecular formula is C12H19F3N4O. The average molecular weight is 292 g/mol. The van der Waals surface area contributed by atoms with Crippen molar-refractivity contribution in [1.29, 1.82) is 0 Å². The predicted molar refractivity (Wildman–Crippen MR) is 71.0 cm³/mol. The molecule has 0 saturated heterocycles. The number of alkyl halides is 3. The van der Waals surface area contributed by atoms with Gasteiger partial charge in [0.15, 0.2) is 0 Å². The molecule has 0 bridgehead atoms. The van der Waals surface area contributed by atoms with E-state index in [1.54, 1.807) is 0 Å². The highest BCUT2D eigenvalue weighted by molar-refractivity contribution is 5.49. The Labute approximate surface area is 115 Å². The molecule has 1 rings (SSSR count). The van der Waals surface area contributed by atoms with Gasteiger partial charge < -0.3 is 15.8 Å². The number of nitrogen functional groups attached to an aromatic ring is 1. The molecule has 0 aliphatic rings. The molecule has 0 aliphatic heterocycles. The number of nitrogens with one attached hydrogen (secondary N) is 2. The number of hydrazine groups is 1. The summed E-state index contributed by atoms with van der Waals surface area (Å²) in [6.07, 6.45) is -2.94. The van der Waals surface area contributed by atoms with E-state index in [2.05, 4.69) is 15.7 Å². The molecular weight excluding hydrogens is 273 g/mol. The molecule has 0 saturated carbocycles. The van der Waals surface area contributed by atoms with E-state index in [4.69, 9.17) is 10.9 Å². The third-order valence-corrected chi connectivity index (χ3v) is 2.79. The van der Waals surface area contributed by atoms with Gasteiger partial charge in [-0.05, 0) is 30.9 Å². The Hall–Kier alpha value is -1.54. The third kappa shape index (κ3) is 5.22. The Bertz CT molecular complexity index is 426. The van der Waals surface area contributed by atoms with Gasteiger partial charge in [-0.1, -0.05) is 6.92 Å². The van der Waals surface area contributed by atoms with Gasteiger partial charge >= 0.3 is 6.18 Å². The number of nitrogens with zero attached hydrogens (tertiary/aromatic N) is 1. The van der Waals surface area contributed by atoms with Gasteiger partial charge in [0.25, 0.3) is 0 Å². The molecule has 5 nitrogen and oxygen atoms in total. The summed E-state index contributed by atoms with van der Waals surface area (Å²) in [4.78, 5) is 3.91. The number of hydrogen-bond donors (Lipinski definition) is 4. The van der Waals surface area contributed by atoms with E-state index >= 15 is 0 Å². The molecule has 20 heavy (non-hydrogen) atoms. The molecule has 1 heterocycles. The number of aromatic nitrogens is 1. The molecule has 1 atom stereocenters. The van der Waals surface area contributed by atoms with Crippen LogP contribution in [-0.2, 0) is 6.18 Å². The van der Waals surface area contributed by atoms with Crippen LogP contribution in [0, 0.1) is 5.92 Å². The van der Waals surface area contributed by atoms with Crippen molar-refractivity contribution >= 4 is 11.6 Å². The summed E-state index contributed by atoms with van der Waals surface area (Å²) in [7, 11) is 0. The maximum atomic E-state index is 12.7. The van der Waals surface area contributed by atoms with Gasteiger partial charge in [0.05, 0.1) is 5.56 Å². The molecule has 1 aromatic heterocycles. The molecule has 5 N–H and O–H groups in total. The van der Waals surface area contributed by atoms with E-state index in [0.717, 1.165) is 25.0 Å². The average Bonchev–Trinajstić information content (AvgIpc) is 2.41. The monoisotopic (exact) mass is 292 g/mol. The van der Waals surface area contributed by atoms with E-state index in [1.807, 2.05) is 6.92 Å². The van der Waals surface area contributed by atoms with Gasteiger partial charge in [-0.25, -0.2) is 10.8 Å². The molecule has 1 aromatic rings. The number of hydrogen-bond acceptors (Lipinski definition) is 5. The Morgan fingerprint density at radius 2 is 2.00 bits per heavy atom. The molecule has 0 spiro atoms. The zero-order chi connectivity index (χ0) is 15.2. The Morgan fingerprint density at radius 1 is 1.35 bits per heavy atom. The minimum Gasteiger partial charge on any atom is -0.396 e. The van der Waals surface area contributed by atoms with Gasteiger partial charge in [0.2, 0.25) is 0 Å². The zero-order valence-corrected chi connectivity index (χ0v) is 11.2. The van der Waals surface area contributed by atoms with Crippen molar-refractivity contribution in [3.63, 3.8) is 0 Å². The smallest absolute Gasteiger partial charge is 0.396 e. The van der Waals surface area contributed by atoms with Crippen LogP contribution < -0.4 is 16.6 Å². The van der Waals surface area contributed by atoms with Crippen LogP contribution >= 0.6 is 0 Å². The highest BCUT2D eigenvalue weighted by Gasteiger charge is 2.31. The van der Waals surface area contributed by atoms with Crippen molar-refractivity contribution in [3.8, 4) is 0 Å². The van der Waals surface area contributed by atoms with Crippen molar-refractivity contribution in [2.75, 3.05) is 23.9 Å². The fourth-order valence-electron chi connectivity index (χ4n) is 1.62. The normalized spacial score (nSPS) is 13.1. The molecule has 0 aromatic carbocycles. The van der Waals surface area contributed by atoms with Crippen molar-refractivity contribution in [3.05, 3.63) is 17.7 Å². The van der Waals surface area contributed by atoms with E-state index in [1.165, 1.54) is 0 Å². The molecule has 8 heteroatoms. The number of rotatable bonds is 7. The van der Waals surface area contributed by atoms with Crippen LogP contribution in [0.5, 0.6) is 0 Å². The molecule has 0 fully saturated rings. The summed E-state index contributed by atoms with van der Waals surface area (Å²) in [6, 6.07) is 1.79. The number of pyridine rings is 1. The van der Waals surface area contributed by atoms with Crippen LogP contribution in [0.3, 0.4) is 0 Å². The number of aliphatic hydroxyl groups is 1. The molecule has 114 valence electrons. The lowest BCUT2D eigenvalue weighted by Crippen LogP contribution is -2.14. The summed E-state index contributed by atoms with van der Waals surface area (Å²) in [6.45, 7) is 2.48. The van der Waals surface area contributed by atoms with Crippen LogP contribution in [0.2, 0.25) is 0 Å². The SMILES string of the molecule is CC(CO)CCCNc1cc(C(F)(F)F)cc(NN)n1. The van der Waals surface area contributed by atoms with Crippen molar-refractivity contribution in [1.82, 2.24) is 4.98 Å². The van der Waals surface area contributed by atoms with Crippen molar-refractivity contribution < 1.29 is 18.3 Å². The maximum Gasteiger partial charge on any atom is 0.416 e. The highest BCUT2D eigenvalue weighted by Crippen LogP contribution is 2.31. The van der Waals surface area contributed by atoms with Gasteiger partial charge in [-0.15, -0.1) is 0 Å². The van der Waals surface area contributed by atoms with Crippen LogP contribution in [0.1, 0.15) is 25.3 Å². The van der Waals surface area contributed by atoms with E-state index in [-0.39, 0.29) is 24.2 Å². The molecule has 0 aliphatic carbocycles. The quantitative estimate of drug-likeness (QED) is 0.352. The first-order valence-corrected chi connectivity index (χ1v) is 6.27. The highest BCUT2D eigenvalue weighted by atomic mass is 19.4. The maximum absolute atomic E-state index is 12.7. The first kappa shape index (κ1) is 16.5. The molecule has 1 unspecified atom stereocenters. The Morgan fingerprint density at radius 3 is 2.55 bits per heavy atom. The number of anilines is 2. The van der Waals surface area contributed by atoms with Crippen LogP contribution in [0.25, 0.3) is 0 Å². The molecule has 0 radical (unpaired) electrons. The van der Waals surface area contributed by atoms with Crippen LogP contribution in [0.4, 0.5) is 24.8 Å². The number of nitrogens with two attached hydrogens (primary N) is 1. The van der Waals surface area contributed by atoms with Crippen LogP contribution in [-0.4, -0.2) is 23.2 Å². The minimum absolute atomic E-state index is 0.0500. The lowest BCUT2D eigenvalue weighted by molar-refractivity contribution is -0.137. The lowest BCUT2D eigenvalue weighted by Gasteiger charge is -2.13. The number of aliphatic hydroxyl groups excluding tert-OH is 1. The zero-order valence-electron chi connectivity index (χ0n) is 11.2. The largest absolute Gasteiger partial charge is 0.416 e. The fourth-order valence-corrected chi connectivity index (χ4v) is 1.62. The van der Waals surface area contributed by atoms with Crippen LogP contribution in [0.15, 0.2) is 12.1 Å². The first-order chi connectivity index (χ1) is 9.36. The second kappa shape index (κ2) is 7.30. The van der Waals surface area contributed by atoms with Gasteiger partial charge in [-0.3, -0.25) is 0 Å². The lowest BCUT2D eigenvalue weighted by atomic mass is 10.1. The van der Waals surface area contributed by atoms with E-state index in [0.29, 0.717) is 6.54 Å². The van der Waals surface area contributed by atoms with Gasteiger partial charge in [0.1, 0.15) is 11.6 Å². The second-order valence-electron chi connectivity index (χ2n) is 4.63. The summed E-state index contributed by atoms with van der Waals surface area (Å²) in [5.74, 6) is 5.35. The van der Waals surface area contributed by atoms with E-state index < -0.39 is 11.7 Å². The number of halogens is 3. The van der Waals surface area contributed by atoms with Crippen molar-refractivity contribution in [2.24, 2.45) is 11.8 Å². The topological polar surface area (TPSA) is 83.2 Å². The van der Waals surface area contributed by atoms with Crippen molar-refractivity contribution in [2.45, 2.75) is 25.9 Å². The Kier molecular flexibility index (Phi) is 6.03. The standard InChI is InChI=1S/C12H19F3N4O/c1-8(7-20)3-2-4-17-10-5-9(12(13,14)15)6-11(18-10)19-16/h5-6,8,20H,2-4,7,16H2,1H3,(H2,17,18,19). The summed E-state index contributed by atoms with van der Waals surface area (Å²) in [5, 5.41) is 11.7. The van der Waals surface area contributed by atoms with E-state index in [9.17, 15) is 13.2 Å². The fraction of sp³-hybridized carbons (Fsp3) is 0.583.